The summed E-state index contributed by atoms with van der Waals surface area (Å²) < 4.78 is 114. The number of carbonyl (C=O) groups is 1. The third kappa shape index (κ3) is 3.02. The molecule has 0 saturated heterocycles. The average molecular weight is 482 g/mol. The van der Waals surface area contributed by atoms with Crippen molar-refractivity contribution in [3.63, 3.8) is 0 Å². The number of alkyl halides is 2. The molecule has 0 radical (unpaired) electrons. The first-order valence-corrected chi connectivity index (χ1v) is 10.7. The van der Waals surface area contributed by atoms with Gasteiger partial charge in [-0.15, -0.1) is 4.48 Å². The van der Waals surface area contributed by atoms with E-state index in [1.54, 1.807) is 0 Å². The zero-order valence-corrected chi connectivity index (χ0v) is 17.5. The Kier molecular flexibility index (Phi) is 5.39. The number of rotatable bonds is 4. The molecule has 1 unspecified atom stereocenters. The Morgan fingerprint density at radius 2 is 1.56 bits per heavy atom. The standard InChI is InChI=1S/C19H16F6N2O4S/c1-17(2,29)27-18(16(28)26-25,9-7-5-4-6-8-9)10-11(19(27,23)24)13(21)15(32(3,30)31)14(22)12(10)20/h4-8,29H,1-3H3,(H,26,28). The molecule has 1 atom stereocenters. The lowest BCUT2D eigenvalue weighted by molar-refractivity contribution is -0.268. The number of fused-ring (bicyclic) bond motifs is 1. The number of nitrogens with zero attached hydrogens (tertiary/aromatic N) is 1. The molecule has 0 bridgehead atoms. The van der Waals surface area contributed by atoms with E-state index < -0.39 is 77.0 Å². The molecule has 1 aliphatic rings. The third-order valence-electron chi connectivity index (χ3n) is 5.08. The molecule has 32 heavy (non-hydrogen) atoms. The topological polar surface area (TPSA) is 86.7 Å². The van der Waals surface area contributed by atoms with E-state index in [-0.39, 0.29) is 6.26 Å². The van der Waals surface area contributed by atoms with Gasteiger partial charge in [0, 0.05) is 11.8 Å². The van der Waals surface area contributed by atoms with E-state index >= 15 is 17.6 Å². The minimum absolute atomic E-state index is 0.264. The van der Waals surface area contributed by atoms with Gasteiger partial charge in [0.15, 0.2) is 32.8 Å². The van der Waals surface area contributed by atoms with Crippen LogP contribution in [0.3, 0.4) is 0 Å². The number of amides is 1. The van der Waals surface area contributed by atoms with Crippen molar-refractivity contribution in [3.8, 4) is 0 Å². The Labute approximate surface area is 178 Å². The quantitative estimate of drug-likeness (QED) is 0.303. The van der Waals surface area contributed by atoms with E-state index in [4.69, 9.17) is 0 Å². The molecule has 174 valence electrons. The van der Waals surface area contributed by atoms with Crippen LogP contribution < -0.4 is 5.54 Å². The molecule has 2 N–H and O–H groups in total. The molecular formula is C19H16F6N2O4S. The van der Waals surface area contributed by atoms with Crippen LogP contribution in [0.2, 0.25) is 0 Å². The van der Waals surface area contributed by atoms with Gasteiger partial charge in [0.05, 0.1) is 5.56 Å². The first-order chi connectivity index (χ1) is 14.6. The summed E-state index contributed by atoms with van der Waals surface area (Å²) in [7, 11) is -4.92. The number of sulfone groups is 1. The normalized spacial score (nSPS) is 20.8. The molecule has 2 aromatic carbocycles. The Bertz CT molecular complexity index is 1210. The number of nitrogens with one attached hydrogen (secondary N) is 1. The minimum Gasteiger partial charge on any atom is -0.376 e. The number of hydrogen-bond donors (Lipinski definition) is 2. The fourth-order valence-electron chi connectivity index (χ4n) is 4.14. The second kappa shape index (κ2) is 7.18. The smallest absolute Gasteiger partial charge is 0.338 e. The average Bonchev–Trinajstić information content (AvgIpc) is 2.90. The molecule has 0 spiro atoms. The monoisotopic (exact) mass is 482 g/mol. The second-order valence-electron chi connectivity index (χ2n) is 7.66. The highest BCUT2D eigenvalue weighted by Gasteiger charge is 2.71. The zero-order valence-electron chi connectivity index (χ0n) is 16.7. The summed E-state index contributed by atoms with van der Waals surface area (Å²) >= 11 is 0. The molecule has 6 nitrogen and oxygen atoms in total. The van der Waals surface area contributed by atoms with Crippen molar-refractivity contribution in [2.24, 2.45) is 0 Å². The number of aliphatic hydroxyl groups is 1. The van der Waals surface area contributed by atoms with Crippen molar-refractivity contribution in [1.82, 2.24) is 10.4 Å². The van der Waals surface area contributed by atoms with Crippen LogP contribution in [-0.2, 0) is 26.2 Å². The molecule has 3 rings (SSSR count). The lowest BCUT2D eigenvalue weighted by Gasteiger charge is -2.45. The highest BCUT2D eigenvalue weighted by Crippen LogP contribution is 2.59. The number of benzene rings is 2. The molecule has 1 amide bonds. The Balaban J connectivity index is 2.71. The van der Waals surface area contributed by atoms with Crippen LogP contribution in [0.15, 0.2) is 35.2 Å². The highest BCUT2D eigenvalue weighted by molar-refractivity contribution is 7.90. The molecule has 1 aliphatic heterocycles. The van der Waals surface area contributed by atoms with Gasteiger partial charge < -0.3 is 5.11 Å². The van der Waals surface area contributed by atoms with E-state index in [1.807, 2.05) is 0 Å². The van der Waals surface area contributed by atoms with Crippen LogP contribution in [-0.4, -0.2) is 36.3 Å². The predicted molar refractivity (Wildman–Crippen MR) is 97.9 cm³/mol. The SMILES string of the molecule is CC(C)(O)N1C(F)(F)c2c(F)c(S(C)(=O)=O)c(F)c(F)c2C1(C(=O)NF)c1ccccc1. The van der Waals surface area contributed by atoms with Gasteiger partial charge in [-0.25, -0.2) is 21.6 Å². The van der Waals surface area contributed by atoms with Gasteiger partial charge in [-0.2, -0.15) is 19.2 Å². The molecule has 2 aromatic rings. The van der Waals surface area contributed by atoms with Gasteiger partial charge in [0.2, 0.25) is 0 Å². The van der Waals surface area contributed by atoms with Crippen molar-refractivity contribution in [1.29, 1.82) is 0 Å². The molecule has 0 saturated carbocycles. The van der Waals surface area contributed by atoms with Crippen molar-refractivity contribution >= 4 is 15.7 Å². The maximum atomic E-state index is 15.7. The van der Waals surface area contributed by atoms with Gasteiger partial charge >= 0.3 is 6.05 Å². The zero-order chi connectivity index (χ0) is 24.4. The van der Waals surface area contributed by atoms with Gasteiger partial charge in [-0.05, 0) is 19.4 Å². The third-order valence-corrected chi connectivity index (χ3v) is 6.18. The Morgan fingerprint density at radius 1 is 1.03 bits per heavy atom. The number of carbonyl (C=O) groups excluding carboxylic acids is 1. The Morgan fingerprint density at radius 3 is 2.00 bits per heavy atom. The Hall–Kier alpha value is -2.64. The molecule has 0 aromatic heterocycles. The van der Waals surface area contributed by atoms with Gasteiger partial charge in [-0.3, -0.25) is 4.79 Å². The summed E-state index contributed by atoms with van der Waals surface area (Å²) in [4.78, 5) is 10.4. The van der Waals surface area contributed by atoms with Gasteiger partial charge in [-0.1, -0.05) is 30.3 Å². The van der Waals surface area contributed by atoms with Crippen molar-refractivity contribution in [2.75, 3.05) is 6.26 Å². The highest BCUT2D eigenvalue weighted by atomic mass is 32.2. The largest absolute Gasteiger partial charge is 0.376 e. The van der Waals surface area contributed by atoms with E-state index in [0.717, 1.165) is 26.0 Å². The maximum absolute atomic E-state index is 15.7. The van der Waals surface area contributed by atoms with Crippen molar-refractivity contribution in [3.05, 3.63) is 64.5 Å². The molecular weight excluding hydrogens is 466 g/mol. The van der Waals surface area contributed by atoms with Crippen LogP contribution in [0.1, 0.15) is 30.5 Å². The van der Waals surface area contributed by atoms with Crippen molar-refractivity contribution in [2.45, 2.75) is 36.1 Å². The van der Waals surface area contributed by atoms with Gasteiger partial charge in [0.25, 0.3) is 5.91 Å². The summed E-state index contributed by atoms with van der Waals surface area (Å²) in [6.45, 7) is 1.44. The van der Waals surface area contributed by atoms with Gasteiger partial charge in [0.1, 0.15) is 10.6 Å². The van der Waals surface area contributed by atoms with Crippen LogP contribution in [0.4, 0.5) is 26.4 Å². The fourth-order valence-corrected chi connectivity index (χ4v) is 4.98. The molecule has 0 aliphatic carbocycles. The van der Waals surface area contributed by atoms with Crippen LogP contribution in [0.25, 0.3) is 0 Å². The van der Waals surface area contributed by atoms with Crippen LogP contribution in [0, 0.1) is 17.5 Å². The first kappa shape index (κ1) is 24.0. The lowest BCUT2D eigenvalue weighted by Crippen LogP contribution is -2.63. The number of hydrogen-bond acceptors (Lipinski definition) is 5. The van der Waals surface area contributed by atoms with E-state index in [0.29, 0.717) is 5.54 Å². The summed E-state index contributed by atoms with van der Waals surface area (Å²) in [6, 6.07) is 0.872. The van der Waals surface area contributed by atoms with E-state index in [9.17, 15) is 27.2 Å². The second-order valence-corrected chi connectivity index (χ2v) is 9.62. The van der Waals surface area contributed by atoms with Crippen LogP contribution >= 0.6 is 0 Å². The predicted octanol–water partition coefficient (Wildman–Crippen LogP) is 2.85. The van der Waals surface area contributed by atoms with Crippen molar-refractivity contribution < 1.29 is 44.8 Å². The van der Waals surface area contributed by atoms with Crippen LogP contribution in [0.5, 0.6) is 0 Å². The fraction of sp³-hybridized carbons (Fsp3) is 0.316. The van der Waals surface area contributed by atoms with E-state index in [2.05, 4.69) is 0 Å². The number of halogens is 6. The first-order valence-electron chi connectivity index (χ1n) is 8.84. The summed E-state index contributed by atoms with van der Waals surface area (Å²) in [5.41, 5.74) is -9.82. The summed E-state index contributed by atoms with van der Waals surface area (Å²) in [5.74, 6) is -9.07. The molecule has 0 fully saturated rings. The lowest BCUT2D eigenvalue weighted by atomic mass is 9.80. The van der Waals surface area contributed by atoms with E-state index in [1.165, 1.54) is 18.2 Å². The minimum atomic E-state index is -4.92. The summed E-state index contributed by atoms with van der Waals surface area (Å²) in [5, 5.41) is 10.5. The summed E-state index contributed by atoms with van der Waals surface area (Å²) in [6.07, 6.45) is 0.264. The molecule has 13 heteroatoms. The molecule has 1 heterocycles. The maximum Gasteiger partial charge on any atom is 0.338 e.